The molecule has 29 heavy (non-hydrogen) atoms. The summed E-state index contributed by atoms with van der Waals surface area (Å²) >= 11 is 0. The van der Waals surface area contributed by atoms with Crippen LogP contribution < -0.4 is 21.7 Å². The van der Waals surface area contributed by atoms with Gasteiger partial charge in [0.15, 0.2) is 0 Å². The number of nitrogens with two attached hydrogens (primary N) is 1. The normalized spacial score (nSPS) is 10.9. The lowest BCUT2D eigenvalue weighted by atomic mass is 10.1. The minimum Gasteiger partial charge on any atom is -0.351 e. The van der Waals surface area contributed by atoms with Crippen LogP contribution in [-0.2, 0) is 4.79 Å². The van der Waals surface area contributed by atoms with Gasteiger partial charge in [-0.25, -0.2) is 4.79 Å². The highest BCUT2D eigenvalue weighted by Crippen LogP contribution is 2.11. The molecule has 0 saturated carbocycles. The molecule has 6 nitrogen and oxygen atoms in total. The number of amides is 3. The smallest absolute Gasteiger partial charge is 0.318 e. The molecule has 0 atom stereocenters. The second-order valence-corrected chi connectivity index (χ2v) is 8.11. The summed E-state index contributed by atoms with van der Waals surface area (Å²) < 4.78 is 0. The minimum atomic E-state index is -0.779. The fraction of sp³-hybridized carbons (Fsp3) is 0.913. The lowest BCUT2D eigenvalue weighted by Gasteiger charge is -2.06. The Labute approximate surface area is 179 Å². The molecule has 5 N–H and O–H groups in total. The molecule has 0 rings (SSSR count). The lowest BCUT2D eigenvalue weighted by molar-refractivity contribution is -0.120. The van der Waals surface area contributed by atoms with Crippen molar-refractivity contribution >= 4 is 11.9 Å². The number of hydrogen-bond acceptors (Lipinski definition) is 4. The van der Waals surface area contributed by atoms with Crippen molar-refractivity contribution in [3.63, 3.8) is 0 Å². The average Bonchev–Trinajstić information content (AvgIpc) is 2.68. The molecule has 0 bridgehead atoms. The Bertz CT molecular complexity index is 378. The SMILES string of the molecule is CCCCCCCCCCCCCCNCCCCNCCCC(=O)NC(N)=O. The van der Waals surface area contributed by atoms with Crippen molar-refractivity contribution in [3.8, 4) is 0 Å². The van der Waals surface area contributed by atoms with Gasteiger partial charge >= 0.3 is 6.03 Å². The lowest BCUT2D eigenvalue weighted by Crippen LogP contribution is -2.35. The zero-order valence-corrected chi connectivity index (χ0v) is 19.0. The van der Waals surface area contributed by atoms with Crippen LogP contribution in [0.4, 0.5) is 4.79 Å². The molecule has 6 heteroatoms. The zero-order chi connectivity index (χ0) is 21.4. The van der Waals surface area contributed by atoms with Gasteiger partial charge in [0.25, 0.3) is 0 Å². The molecule has 0 unspecified atom stereocenters. The van der Waals surface area contributed by atoms with Crippen LogP contribution in [0.2, 0.25) is 0 Å². The van der Waals surface area contributed by atoms with Gasteiger partial charge in [0, 0.05) is 6.42 Å². The predicted octanol–water partition coefficient (Wildman–Crippen LogP) is 4.62. The molecular formula is C23H48N4O2. The molecule has 0 aromatic carbocycles. The van der Waals surface area contributed by atoms with E-state index in [0.29, 0.717) is 6.42 Å². The summed E-state index contributed by atoms with van der Waals surface area (Å²) in [6.07, 6.45) is 20.1. The molecule has 0 aromatic rings. The number of carbonyl (C=O) groups is 2. The fourth-order valence-electron chi connectivity index (χ4n) is 3.41. The number of rotatable bonds is 22. The minimum absolute atomic E-state index is 0.304. The molecule has 0 aromatic heterocycles. The van der Waals surface area contributed by atoms with Crippen LogP contribution in [0.25, 0.3) is 0 Å². The van der Waals surface area contributed by atoms with E-state index in [0.717, 1.165) is 39.0 Å². The maximum atomic E-state index is 11.2. The monoisotopic (exact) mass is 412 g/mol. The van der Waals surface area contributed by atoms with Gasteiger partial charge in [-0.15, -0.1) is 0 Å². The first kappa shape index (κ1) is 27.9. The van der Waals surface area contributed by atoms with Crippen molar-refractivity contribution in [3.05, 3.63) is 0 Å². The number of nitrogens with one attached hydrogen (secondary N) is 3. The first-order valence-electron chi connectivity index (χ1n) is 12.2. The highest BCUT2D eigenvalue weighted by molar-refractivity contribution is 5.93. The summed E-state index contributed by atoms with van der Waals surface area (Å²) in [5.41, 5.74) is 4.88. The second kappa shape index (κ2) is 23.1. The van der Waals surface area contributed by atoms with Gasteiger partial charge in [-0.1, -0.05) is 77.6 Å². The van der Waals surface area contributed by atoms with Gasteiger partial charge in [-0.2, -0.15) is 0 Å². The Balaban J connectivity index is 3.07. The Morgan fingerprint density at radius 3 is 1.41 bits per heavy atom. The van der Waals surface area contributed by atoms with Gasteiger partial charge in [0.1, 0.15) is 0 Å². The van der Waals surface area contributed by atoms with E-state index in [1.807, 2.05) is 0 Å². The number of hydrogen-bond donors (Lipinski definition) is 4. The van der Waals surface area contributed by atoms with E-state index in [-0.39, 0.29) is 5.91 Å². The van der Waals surface area contributed by atoms with E-state index < -0.39 is 6.03 Å². The van der Waals surface area contributed by atoms with Crippen LogP contribution in [0, 0.1) is 0 Å². The third-order valence-electron chi connectivity index (χ3n) is 5.18. The summed E-state index contributed by atoms with van der Waals surface area (Å²) in [4.78, 5) is 21.7. The predicted molar refractivity (Wildman–Crippen MR) is 123 cm³/mol. The average molecular weight is 413 g/mol. The van der Waals surface area contributed by atoms with Crippen LogP contribution in [0.1, 0.15) is 110 Å². The van der Waals surface area contributed by atoms with E-state index in [9.17, 15) is 9.59 Å². The van der Waals surface area contributed by atoms with Crippen molar-refractivity contribution < 1.29 is 9.59 Å². The van der Waals surface area contributed by atoms with Gasteiger partial charge in [0.05, 0.1) is 0 Å². The molecule has 0 heterocycles. The van der Waals surface area contributed by atoms with Crippen molar-refractivity contribution in [1.82, 2.24) is 16.0 Å². The Hall–Kier alpha value is -1.14. The number of unbranched alkanes of at least 4 members (excludes halogenated alkanes) is 12. The van der Waals surface area contributed by atoms with Gasteiger partial charge in [-0.05, 0) is 51.9 Å². The molecule has 0 radical (unpaired) electrons. The van der Waals surface area contributed by atoms with E-state index in [1.54, 1.807) is 0 Å². The van der Waals surface area contributed by atoms with Crippen LogP contribution in [-0.4, -0.2) is 38.1 Å². The summed E-state index contributed by atoms with van der Waals surface area (Å²) in [5.74, 6) is -0.304. The second-order valence-electron chi connectivity index (χ2n) is 8.11. The first-order valence-corrected chi connectivity index (χ1v) is 12.2. The van der Waals surface area contributed by atoms with Crippen LogP contribution >= 0.6 is 0 Å². The van der Waals surface area contributed by atoms with Crippen molar-refractivity contribution in [1.29, 1.82) is 0 Å². The van der Waals surface area contributed by atoms with Crippen molar-refractivity contribution in [2.75, 3.05) is 26.2 Å². The maximum absolute atomic E-state index is 11.2. The van der Waals surface area contributed by atoms with Crippen LogP contribution in [0.15, 0.2) is 0 Å². The quantitative estimate of drug-likeness (QED) is 0.195. The summed E-state index contributed by atoms with van der Waals surface area (Å²) in [6.45, 7) is 6.26. The molecule has 0 spiro atoms. The molecule has 0 aliphatic carbocycles. The number of imide groups is 1. The Kier molecular flexibility index (Phi) is 22.2. The zero-order valence-electron chi connectivity index (χ0n) is 19.0. The van der Waals surface area contributed by atoms with E-state index in [4.69, 9.17) is 5.73 Å². The van der Waals surface area contributed by atoms with E-state index >= 15 is 0 Å². The van der Waals surface area contributed by atoms with Crippen LogP contribution in [0.5, 0.6) is 0 Å². The molecule has 0 saturated heterocycles. The topological polar surface area (TPSA) is 96.2 Å². The third kappa shape index (κ3) is 24.8. The van der Waals surface area contributed by atoms with Gasteiger partial charge < -0.3 is 16.4 Å². The van der Waals surface area contributed by atoms with E-state index in [1.165, 1.54) is 83.5 Å². The standard InChI is InChI=1S/C23H48N4O2/c1-2-3-4-5-6-7-8-9-10-11-12-13-18-25-19-14-15-20-26-21-16-17-22(28)27-23(24)29/h25-26H,2-21H2,1H3,(H3,24,27,28,29). The summed E-state index contributed by atoms with van der Waals surface area (Å²) in [6, 6.07) is -0.779. The van der Waals surface area contributed by atoms with Gasteiger partial charge in [0.2, 0.25) is 5.91 Å². The molecule has 172 valence electrons. The Morgan fingerprint density at radius 1 is 0.586 bits per heavy atom. The highest BCUT2D eigenvalue weighted by atomic mass is 16.2. The van der Waals surface area contributed by atoms with Crippen molar-refractivity contribution in [2.45, 2.75) is 110 Å². The summed E-state index contributed by atoms with van der Waals surface area (Å²) in [5, 5.41) is 8.92. The Morgan fingerprint density at radius 2 is 0.966 bits per heavy atom. The molecule has 0 fully saturated rings. The molecule has 0 aliphatic heterocycles. The largest absolute Gasteiger partial charge is 0.351 e. The van der Waals surface area contributed by atoms with Crippen LogP contribution in [0.3, 0.4) is 0 Å². The number of carbonyl (C=O) groups excluding carboxylic acids is 2. The molecule has 3 amide bonds. The third-order valence-corrected chi connectivity index (χ3v) is 5.18. The number of urea groups is 1. The summed E-state index contributed by atoms with van der Waals surface area (Å²) in [7, 11) is 0. The first-order chi connectivity index (χ1) is 14.2. The maximum Gasteiger partial charge on any atom is 0.318 e. The fourth-order valence-corrected chi connectivity index (χ4v) is 3.41. The van der Waals surface area contributed by atoms with Crippen molar-refractivity contribution in [2.24, 2.45) is 5.73 Å². The molecular weight excluding hydrogens is 364 g/mol. The number of primary amides is 1. The van der Waals surface area contributed by atoms with E-state index in [2.05, 4.69) is 22.9 Å². The highest BCUT2D eigenvalue weighted by Gasteiger charge is 2.02. The van der Waals surface area contributed by atoms with Gasteiger partial charge in [-0.3, -0.25) is 10.1 Å². The molecule has 0 aliphatic rings.